The molecule has 0 unspecified atom stereocenters. The van der Waals surface area contributed by atoms with E-state index >= 15 is 0 Å². The minimum absolute atomic E-state index is 0.0915. The first-order valence-corrected chi connectivity index (χ1v) is 10.4. The fourth-order valence-electron chi connectivity index (χ4n) is 5.19. The molecule has 2 aromatic carbocycles. The molecule has 1 aliphatic heterocycles. The van der Waals surface area contributed by atoms with E-state index in [2.05, 4.69) is 72.4 Å². The third-order valence-electron chi connectivity index (χ3n) is 6.63. The third kappa shape index (κ3) is 3.34. The first-order valence-electron chi connectivity index (χ1n) is 10.4. The summed E-state index contributed by atoms with van der Waals surface area (Å²) >= 11 is 0. The van der Waals surface area contributed by atoms with Crippen molar-refractivity contribution < 1.29 is 9.84 Å². The molecule has 150 valence electrons. The van der Waals surface area contributed by atoms with E-state index in [9.17, 15) is 5.11 Å². The predicted molar refractivity (Wildman–Crippen MR) is 113 cm³/mol. The second-order valence-electron chi connectivity index (χ2n) is 8.45. The van der Waals surface area contributed by atoms with Crippen LogP contribution in [0, 0.1) is 0 Å². The number of likely N-dealkylation sites (N-methyl/N-ethyl adjacent to an activating group) is 1. The minimum Gasteiger partial charge on any atom is -0.494 e. The summed E-state index contributed by atoms with van der Waals surface area (Å²) in [6, 6.07) is 17.2. The summed E-state index contributed by atoms with van der Waals surface area (Å²) in [5.74, 6) is 0.934. The van der Waals surface area contributed by atoms with Crippen molar-refractivity contribution in [3.8, 4) is 5.75 Å². The van der Waals surface area contributed by atoms with E-state index in [1.165, 1.54) is 16.7 Å². The van der Waals surface area contributed by atoms with Crippen molar-refractivity contribution in [1.29, 1.82) is 0 Å². The Bertz CT molecular complexity index is 795. The Morgan fingerprint density at radius 2 is 1.75 bits per heavy atom. The van der Waals surface area contributed by atoms with E-state index in [-0.39, 0.29) is 17.6 Å². The van der Waals surface area contributed by atoms with Crippen molar-refractivity contribution in [2.45, 2.75) is 43.9 Å². The molecule has 0 aromatic heterocycles. The summed E-state index contributed by atoms with van der Waals surface area (Å²) < 4.78 is 5.54. The van der Waals surface area contributed by atoms with Crippen LogP contribution in [0.25, 0.3) is 0 Å². The van der Waals surface area contributed by atoms with Gasteiger partial charge in [-0.15, -0.1) is 0 Å². The van der Waals surface area contributed by atoms with Gasteiger partial charge in [-0.2, -0.15) is 0 Å². The zero-order chi connectivity index (χ0) is 19.7. The smallest absolute Gasteiger partial charge is 0.119 e. The number of piperidine rings is 1. The highest BCUT2D eigenvalue weighted by Gasteiger charge is 2.52. The van der Waals surface area contributed by atoms with Crippen LogP contribution in [0.2, 0.25) is 0 Å². The Balaban J connectivity index is 1.47. The quantitative estimate of drug-likeness (QED) is 0.860. The van der Waals surface area contributed by atoms with Crippen LogP contribution in [-0.2, 0) is 12.0 Å². The number of rotatable bonds is 5. The summed E-state index contributed by atoms with van der Waals surface area (Å²) in [6.07, 6.45) is 1.67. The van der Waals surface area contributed by atoms with Gasteiger partial charge in [0.25, 0.3) is 0 Å². The number of aliphatic hydroxyl groups is 1. The fourth-order valence-corrected chi connectivity index (χ4v) is 5.19. The highest BCUT2D eigenvalue weighted by atomic mass is 16.5. The third-order valence-corrected chi connectivity index (χ3v) is 6.63. The highest BCUT2D eigenvalue weighted by Crippen LogP contribution is 2.52. The van der Waals surface area contributed by atoms with Crippen molar-refractivity contribution in [3.63, 3.8) is 0 Å². The van der Waals surface area contributed by atoms with Crippen molar-refractivity contribution in [2.75, 3.05) is 33.8 Å². The van der Waals surface area contributed by atoms with Crippen LogP contribution in [0.5, 0.6) is 5.75 Å². The Labute approximate surface area is 168 Å². The maximum atomic E-state index is 11.3. The summed E-state index contributed by atoms with van der Waals surface area (Å²) in [5.41, 5.74) is 3.88. The van der Waals surface area contributed by atoms with Gasteiger partial charge in [0.15, 0.2) is 0 Å². The molecule has 1 heterocycles. The predicted octanol–water partition coefficient (Wildman–Crippen LogP) is 3.60. The molecule has 2 atom stereocenters. The molecular weight excluding hydrogens is 348 g/mol. The lowest BCUT2D eigenvalue weighted by atomic mass is 9.72. The molecule has 1 N–H and O–H groups in total. The summed E-state index contributed by atoms with van der Waals surface area (Å²) in [6.45, 7) is 5.69. The minimum atomic E-state index is -0.340. The van der Waals surface area contributed by atoms with Gasteiger partial charge in [0.05, 0.1) is 18.8 Å². The van der Waals surface area contributed by atoms with Crippen LogP contribution >= 0.6 is 0 Å². The van der Waals surface area contributed by atoms with Gasteiger partial charge in [-0.3, -0.25) is 4.90 Å². The van der Waals surface area contributed by atoms with Gasteiger partial charge in [0.1, 0.15) is 5.75 Å². The Morgan fingerprint density at radius 1 is 1.07 bits per heavy atom. The number of likely N-dealkylation sites (tertiary alicyclic amines) is 1. The van der Waals surface area contributed by atoms with Crippen LogP contribution in [0.1, 0.15) is 42.5 Å². The van der Waals surface area contributed by atoms with Crippen LogP contribution < -0.4 is 4.74 Å². The first-order chi connectivity index (χ1) is 13.5. The molecule has 2 aliphatic rings. The molecular formula is C24H32N2O2. The van der Waals surface area contributed by atoms with Gasteiger partial charge in [-0.05, 0) is 75.8 Å². The lowest BCUT2D eigenvalue weighted by Crippen LogP contribution is -2.49. The van der Waals surface area contributed by atoms with Gasteiger partial charge in [0, 0.05) is 12.0 Å². The maximum Gasteiger partial charge on any atom is 0.119 e. The molecule has 4 heteroatoms. The van der Waals surface area contributed by atoms with Gasteiger partial charge in [0.2, 0.25) is 0 Å². The van der Waals surface area contributed by atoms with Crippen LogP contribution in [-0.4, -0.2) is 54.8 Å². The van der Waals surface area contributed by atoms with Gasteiger partial charge >= 0.3 is 0 Å². The highest BCUT2D eigenvalue weighted by molar-refractivity contribution is 5.45. The number of aliphatic hydroxyl groups excluding tert-OH is 1. The number of benzene rings is 2. The zero-order valence-corrected chi connectivity index (χ0v) is 17.3. The van der Waals surface area contributed by atoms with E-state index in [0.717, 1.165) is 38.2 Å². The van der Waals surface area contributed by atoms with Crippen LogP contribution in [0.4, 0.5) is 0 Å². The van der Waals surface area contributed by atoms with Crippen LogP contribution in [0.3, 0.4) is 0 Å². The molecule has 1 fully saturated rings. The van der Waals surface area contributed by atoms with Gasteiger partial charge in [-0.1, -0.05) is 36.4 Å². The summed E-state index contributed by atoms with van der Waals surface area (Å²) in [7, 11) is 4.15. The van der Waals surface area contributed by atoms with Crippen molar-refractivity contribution in [2.24, 2.45) is 0 Å². The molecule has 0 saturated carbocycles. The maximum absolute atomic E-state index is 11.3. The lowest BCUT2D eigenvalue weighted by molar-refractivity contribution is -0.00392. The Kier molecular flexibility index (Phi) is 5.46. The monoisotopic (exact) mass is 380 g/mol. The van der Waals surface area contributed by atoms with E-state index in [0.29, 0.717) is 6.61 Å². The van der Waals surface area contributed by atoms with Crippen LogP contribution in [0.15, 0.2) is 48.5 Å². The number of ether oxygens (including phenoxy) is 1. The average Bonchev–Trinajstić information content (AvgIpc) is 2.94. The zero-order valence-electron chi connectivity index (χ0n) is 17.3. The molecule has 0 bridgehead atoms. The van der Waals surface area contributed by atoms with E-state index in [1.807, 2.05) is 6.92 Å². The number of nitrogens with zero attached hydrogens (tertiary/aromatic N) is 2. The summed E-state index contributed by atoms with van der Waals surface area (Å²) in [5, 5.41) is 11.3. The molecule has 1 aliphatic carbocycles. The van der Waals surface area contributed by atoms with E-state index in [1.54, 1.807) is 0 Å². The second kappa shape index (κ2) is 7.86. The Morgan fingerprint density at radius 3 is 2.39 bits per heavy atom. The molecule has 28 heavy (non-hydrogen) atoms. The standard InChI is InChI=1S/C24H32N2O2/c1-4-28-19-11-9-18(10-12-19)17-26-15-13-24(14-16-26)21-8-6-5-7-20(21)22(23(24)27)25(2)3/h5-12,22-23,27H,4,13-17H2,1-3H3/t22-,23+/m1/s1. The number of hydrogen-bond donors (Lipinski definition) is 1. The van der Waals surface area contributed by atoms with Crippen molar-refractivity contribution in [3.05, 3.63) is 65.2 Å². The number of fused-ring (bicyclic) bond motifs is 2. The molecule has 4 rings (SSSR count). The Hall–Kier alpha value is -1.88. The molecule has 2 aromatic rings. The lowest BCUT2D eigenvalue weighted by Gasteiger charge is -2.43. The number of hydrogen-bond acceptors (Lipinski definition) is 4. The second-order valence-corrected chi connectivity index (χ2v) is 8.45. The van der Waals surface area contributed by atoms with Gasteiger partial charge < -0.3 is 14.7 Å². The van der Waals surface area contributed by atoms with Crippen molar-refractivity contribution >= 4 is 0 Å². The topological polar surface area (TPSA) is 35.9 Å². The van der Waals surface area contributed by atoms with E-state index < -0.39 is 0 Å². The molecule has 1 saturated heterocycles. The molecule has 1 spiro atoms. The molecule has 0 amide bonds. The SMILES string of the molecule is CCOc1ccc(CN2CCC3(CC2)c2ccccc2[C@@H](N(C)C)[C@@H]3O)cc1. The largest absolute Gasteiger partial charge is 0.494 e. The first kappa shape index (κ1) is 19.4. The normalized spacial score (nSPS) is 23.9. The molecule has 0 radical (unpaired) electrons. The average molecular weight is 381 g/mol. The van der Waals surface area contributed by atoms with Crippen molar-refractivity contribution in [1.82, 2.24) is 9.80 Å². The molecule has 4 nitrogen and oxygen atoms in total. The van der Waals surface area contributed by atoms with Gasteiger partial charge in [-0.25, -0.2) is 0 Å². The fraction of sp³-hybridized carbons (Fsp3) is 0.500. The van der Waals surface area contributed by atoms with E-state index in [4.69, 9.17) is 4.74 Å². The summed E-state index contributed by atoms with van der Waals surface area (Å²) in [4.78, 5) is 4.68.